The van der Waals surface area contributed by atoms with Crippen LogP contribution in [0.25, 0.3) is 0 Å². The van der Waals surface area contributed by atoms with Gasteiger partial charge in [0.15, 0.2) is 0 Å². The largest absolute Gasteiger partial charge is 0.363 e. The van der Waals surface area contributed by atoms with Gasteiger partial charge in [-0.25, -0.2) is 15.0 Å². The molecule has 0 saturated carbocycles. The van der Waals surface area contributed by atoms with Crippen LogP contribution < -0.4 is 10.6 Å². The first-order chi connectivity index (χ1) is 12.1. The SMILES string of the molecule is CNc1nc(C)cc(NC2CC(C)(C)Cc3nc(C(C)(C)C)ncc32)n1. The summed E-state index contributed by atoms with van der Waals surface area (Å²) in [4.78, 5) is 18.5. The van der Waals surface area contributed by atoms with Crippen molar-refractivity contribution in [2.45, 2.75) is 65.8 Å². The Labute approximate surface area is 156 Å². The van der Waals surface area contributed by atoms with Crippen LogP contribution in [0.3, 0.4) is 0 Å². The molecule has 0 spiro atoms. The number of nitrogens with zero attached hydrogens (tertiary/aromatic N) is 4. The van der Waals surface area contributed by atoms with Crippen molar-refractivity contribution in [3.05, 3.63) is 35.0 Å². The van der Waals surface area contributed by atoms with Gasteiger partial charge in [-0.15, -0.1) is 0 Å². The second kappa shape index (κ2) is 6.49. The van der Waals surface area contributed by atoms with Gasteiger partial charge in [-0.05, 0) is 25.2 Å². The van der Waals surface area contributed by atoms with Crippen molar-refractivity contribution in [1.82, 2.24) is 19.9 Å². The highest BCUT2D eigenvalue weighted by Gasteiger charge is 2.34. The normalized spacial score (nSPS) is 19.0. The van der Waals surface area contributed by atoms with Gasteiger partial charge in [0.05, 0.1) is 6.04 Å². The van der Waals surface area contributed by atoms with E-state index >= 15 is 0 Å². The number of anilines is 2. The highest BCUT2D eigenvalue weighted by Crippen LogP contribution is 2.41. The van der Waals surface area contributed by atoms with Crippen LogP contribution >= 0.6 is 0 Å². The minimum atomic E-state index is -0.0506. The third-order valence-corrected chi connectivity index (χ3v) is 4.75. The Morgan fingerprint density at radius 2 is 1.88 bits per heavy atom. The van der Waals surface area contributed by atoms with Gasteiger partial charge < -0.3 is 10.6 Å². The Bertz CT molecular complexity index is 806. The summed E-state index contributed by atoms with van der Waals surface area (Å²) in [7, 11) is 1.83. The highest BCUT2D eigenvalue weighted by molar-refractivity contribution is 5.45. The number of fused-ring (bicyclic) bond motifs is 1. The fourth-order valence-electron chi connectivity index (χ4n) is 3.47. The second-order valence-electron chi connectivity index (χ2n) is 9.06. The van der Waals surface area contributed by atoms with Crippen LogP contribution in [0.4, 0.5) is 11.8 Å². The monoisotopic (exact) mass is 354 g/mol. The Balaban J connectivity index is 1.97. The smallest absolute Gasteiger partial charge is 0.224 e. The lowest BCUT2D eigenvalue weighted by Gasteiger charge is -2.37. The van der Waals surface area contributed by atoms with Gasteiger partial charge in [-0.3, -0.25) is 0 Å². The zero-order chi connectivity index (χ0) is 19.1. The lowest BCUT2D eigenvalue weighted by atomic mass is 9.74. The number of aromatic nitrogens is 4. The molecule has 26 heavy (non-hydrogen) atoms. The van der Waals surface area contributed by atoms with E-state index in [1.54, 1.807) is 0 Å². The molecule has 1 aliphatic rings. The number of aryl methyl sites for hydroxylation is 1. The first kappa shape index (κ1) is 18.5. The number of nitrogens with one attached hydrogen (secondary N) is 2. The van der Waals surface area contributed by atoms with E-state index in [-0.39, 0.29) is 16.9 Å². The van der Waals surface area contributed by atoms with Gasteiger partial charge in [0.1, 0.15) is 11.6 Å². The van der Waals surface area contributed by atoms with Crippen LogP contribution in [0, 0.1) is 12.3 Å². The molecule has 0 aliphatic heterocycles. The number of rotatable bonds is 3. The molecule has 3 rings (SSSR count). The minimum absolute atomic E-state index is 0.0506. The fourth-order valence-corrected chi connectivity index (χ4v) is 3.47. The highest BCUT2D eigenvalue weighted by atomic mass is 15.1. The zero-order valence-corrected chi connectivity index (χ0v) is 16.9. The first-order valence-corrected chi connectivity index (χ1v) is 9.24. The number of hydrogen-bond donors (Lipinski definition) is 2. The standard InChI is InChI=1S/C20H30N6/c1-12-8-16(26-18(21-7)23-12)24-14-9-20(5,6)10-15-13(14)11-22-17(25-15)19(2,3)4/h8,11,14H,9-10H2,1-7H3,(H2,21,23,24,26). The van der Waals surface area contributed by atoms with E-state index in [0.29, 0.717) is 5.95 Å². The van der Waals surface area contributed by atoms with Crippen molar-refractivity contribution >= 4 is 11.8 Å². The molecule has 2 heterocycles. The molecule has 6 nitrogen and oxygen atoms in total. The van der Waals surface area contributed by atoms with E-state index in [4.69, 9.17) is 4.98 Å². The average Bonchev–Trinajstić information content (AvgIpc) is 2.51. The van der Waals surface area contributed by atoms with Crippen LogP contribution in [-0.2, 0) is 11.8 Å². The molecule has 0 bridgehead atoms. The van der Waals surface area contributed by atoms with E-state index in [9.17, 15) is 0 Å². The number of hydrogen-bond acceptors (Lipinski definition) is 6. The summed E-state index contributed by atoms with van der Waals surface area (Å²) in [6, 6.07) is 2.12. The van der Waals surface area contributed by atoms with Gasteiger partial charge in [0.2, 0.25) is 5.95 Å². The second-order valence-corrected chi connectivity index (χ2v) is 9.06. The van der Waals surface area contributed by atoms with Crippen molar-refractivity contribution in [3.63, 3.8) is 0 Å². The fraction of sp³-hybridized carbons (Fsp3) is 0.600. The molecule has 140 valence electrons. The average molecular weight is 355 g/mol. The molecule has 0 fully saturated rings. The summed E-state index contributed by atoms with van der Waals surface area (Å²) >= 11 is 0. The molecule has 6 heteroatoms. The summed E-state index contributed by atoms with van der Waals surface area (Å²) in [6.45, 7) is 13.0. The molecule has 0 saturated heterocycles. The molecule has 2 N–H and O–H groups in total. The minimum Gasteiger partial charge on any atom is -0.363 e. The van der Waals surface area contributed by atoms with Crippen LogP contribution in [0.15, 0.2) is 12.3 Å². The van der Waals surface area contributed by atoms with Crippen LogP contribution in [0.2, 0.25) is 0 Å². The predicted octanol–water partition coefficient (Wildman–Crippen LogP) is 4.04. The molecule has 1 unspecified atom stereocenters. The van der Waals surface area contributed by atoms with Gasteiger partial charge in [-0.1, -0.05) is 34.6 Å². The Morgan fingerprint density at radius 1 is 1.15 bits per heavy atom. The summed E-state index contributed by atoms with van der Waals surface area (Å²) < 4.78 is 0. The quantitative estimate of drug-likeness (QED) is 0.866. The molecule has 0 radical (unpaired) electrons. The van der Waals surface area contributed by atoms with Gasteiger partial charge >= 0.3 is 0 Å². The van der Waals surface area contributed by atoms with Gasteiger partial charge in [0.25, 0.3) is 0 Å². The van der Waals surface area contributed by atoms with Gasteiger partial charge in [0, 0.05) is 41.7 Å². The molecule has 2 aromatic heterocycles. The summed E-state index contributed by atoms with van der Waals surface area (Å²) in [5, 5.41) is 6.61. The maximum Gasteiger partial charge on any atom is 0.224 e. The maximum absolute atomic E-state index is 4.93. The third-order valence-electron chi connectivity index (χ3n) is 4.75. The summed E-state index contributed by atoms with van der Waals surface area (Å²) in [5.74, 6) is 2.36. The van der Waals surface area contributed by atoms with E-state index < -0.39 is 0 Å². The molecule has 0 aromatic carbocycles. The van der Waals surface area contributed by atoms with Crippen molar-refractivity contribution in [1.29, 1.82) is 0 Å². The van der Waals surface area contributed by atoms with E-state index in [1.807, 2.05) is 26.2 Å². The summed E-state index contributed by atoms with van der Waals surface area (Å²) in [6.07, 6.45) is 3.98. The van der Waals surface area contributed by atoms with Gasteiger partial charge in [-0.2, -0.15) is 4.98 Å². The Morgan fingerprint density at radius 3 is 2.54 bits per heavy atom. The Kier molecular flexibility index (Phi) is 4.63. The molecule has 1 atom stereocenters. The third kappa shape index (κ3) is 3.94. The van der Waals surface area contributed by atoms with Crippen LogP contribution in [0.5, 0.6) is 0 Å². The van der Waals surface area contributed by atoms with Crippen molar-refractivity contribution in [3.8, 4) is 0 Å². The molecule has 1 aliphatic carbocycles. The lowest BCUT2D eigenvalue weighted by Crippen LogP contribution is -2.32. The first-order valence-electron chi connectivity index (χ1n) is 9.24. The van der Waals surface area contributed by atoms with Crippen LogP contribution in [0.1, 0.15) is 69.9 Å². The van der Waals surface area contributed by atoms with Crippen LogP contribution in [-0.4, -0.2) is 27.0 Å². The van der Waals surface area contributed by atoms with E-state index in [0.717, 1.165) is 35.9 Å². The van der Waals surface area contributed by atoms with E-state index in [1.165, 1.54) is 5.56 Å². The zero-order valence-electron chi connectivity index (χ0n) is 16.9. The molecular formula is C20H30N6. The van der Waals surface area contributed by atoms with Crippen molar-refractivity contribution in [2.75, 3.05) is 17.7 Å². The molecular weight excluding hydrogens is 324 g/mol. The van der Waals surface area contributed by atoms with Crippen molar-refractivity contribution < 1.29 is 0 Å². The van der Waals surface area contributed by atoms with Crippen molar-refractivity contribution in [2.24, 2.45) is 5.41 Å². The predicted molar refractivity (Wildman–Crippen MR) is 106 cm³/mol. The topological polar surface area (TPSA) is 75.6 Å². The Hall–Kier alpha value is -2.24. The maximum atomic E-state index is 4.93. The lowest BCUT2D eigenvalue weighted by molar-refractivity contribution is 0.284. The molecule has 2 aromatic rings. The van der Waals surface area contributed by atoms with E-state index in [2.05, 4.69) is 60.2 Å². The summed E-state index contributed by atoms with van der Waals surface area (Å²) in [5.41, 5.74) is 3.38. The molecule has 0 amide bonds.